The molecule has 0 saturated carbocycles. The summed E-state index contributed by atoms with van der Waals surface area (Å²) in [5.41, 5.74) is 0.510. The van der Waals surface area contributed by atoms with Gasteiger partial charge in [-0.15, -0.1) is 0 Å². The predicted molar refractivity (Wildman–Crippen MR) is 70.9 cm³/mol. The second kappa shape index (κ2) is 5.98. The molecule has 0 radical (unpaired) electrons. The summed E-state index contributed by atoms with van der Waals surface area (Å²) in [5.74, 6) is -0.123. The Hall–Kier alpha value is -1.13. The van der Waals surface area contributed by atoms with E-state index in [9.17, 15) is 9.90 Å². The fraction of sp³-hybridized carbons (Fsp3) is 0.462. The summed E-state index contributed by atoms with van der Waals surface area (Å²) in [5, 5.41) is 16.8. The van der Waals surface area contributed by atoms with Gasteiger partial charge in [-0.3, -0.25) is 4.79 Å². The van der Waals surface area contributed by atoms with Crippen LogP contribution in [-0.4, -0.2) is 17.6 Å². The summed E-state index contributed by atoms with van der Waals surface area (Å²) in [7, 11) is 0. The van der Waals surface area contributed by atoms with Crippen LogP contribution in [-0.2, 0) is 10.4 Å². The fourth-order valence-electron chi connectivity index (χ4n) is 1.46. The van der Waals surface area contributed by atoms with Gasteiger partial charge < -0.3 is 10.4 Å². The zero-order valence-electron chi connectivity index (χ0n) is 10.5. The van der Waals surface area contributed by atoms with Gasteiger partial charge in [-0.1, -0.05) is 13.0 Å². The minimum Gasteiger partial charge on any atom is -0.384 e. The molecule has 1 rings (SSSR count). The quantitative estimate of drug-likeness (QED) is 0.792. The van der Waals surface area contributed by atoms with Gasteiger partial charge in [-0.2, -0.15) is 11.3 Å². The third-order valence-electron chi connectivity index (χ3n) is 2.60. The van der Waals surface area contributed by atoms with Gasteiger partial charge in [0.15, 0.2) is 0 Å². The standard InChI is InChI=1S/C13H19NO2S/c1-4-5-10(2)12(15)14-9-13(3,16)11-6-7-17-8-11/h5-8,16H,4,9H2,1-3H3,(H,14,15)/b10-5-/t13-/m0/s1. The van der Waals surface area contributed by atoms with Gasteiger partial charge in [0.05, 0.1) is 6.54 Å². The Kier molecular flexibility index (Phi) is 4.90. The van der Waals surface area contributed by atoms with E-state index >= 15 is 0 Å². The number of hydrogen-bond donors (Lipinski definition) is 2. The molecule has 94 valence electrons. The molecule has 0 saturated heterocycles. The lowest BCUT2D eigenvalue weighted by molar-refractivity contribution is -0.118. The second-order valence-electron chi connectivity index (χ2n) is 4.26. The Morgan fingerprint density at radius 2 is 2.35 bits per heavy atom. The molecule has 0 aliphatic rings. The smallest absolute Gasteiger partial charge is 0.246 e. The lowest BCUT2D eigenvalue weighted by Crippen LogP contribution is -2.38. The van der Waals surface area contributed by atoms with E-state index in [-0.39, 0.29) is 12.5 Å². The summed E-state index contributed by atoms with van der Waals surface area (Å²) in [6.07, 6.45) is 2.70. The molecule has 0 bridgehead atoms. The molecular weight excluding hydrogens is 234 g/mol. The van der Waals surface area contributed by atoms with Crippen molar-refractivity contribution in [2.45, 2.75) is 32.8 Å². The first-order chi connectivity index (χ1) is 7.97. The molecule has 1 aromatic rings. The third-order valence-corrected chi connectivity index (χ3v) is 3.29. The molecule has 0 fully saturated rings. The van der Waals surface area contributed by atoms with E-state index in [4.69, 9.17) is 0 Å². The van der Waals surface area contributed by atoms with E-state index in [1.807, 2.05) is 29.8 Å². The number of thiophene rings is 1. The van der Waals surface area contributed by atoms with Crippen molar-refractivity contribution in [2.75, 3.05) is 6.54 Å². The van der Waals surface area contributed by atoms with Gasteiger partial charge in [0.25, 0.3) is 0 Å². The highest BCUT2D eigenvalue weighted by Crippen LogP contribution is 2.22. The van der Waals surface area contributed by atoms with Crippen molar-refractivity contribution in [2.24, 2.45) is 0 Å². The molecule has 1 heterocycles. The van der Waals surface area contributed by atoms with Gasteiger partial charge in [-0.25, -0.2) is 0 Å². The Balaban J connectivity index is 2.56. The van der Waals surface area contributed by atoms with E-state index in [0.29, 0.717) is 5.57 Å². The molecule has 0 spiro atoms. The fourth-order valence-corrected chi connectivity index (χ4v) is 2.25. The zero-order chi connectivity index (χ0) is 12.9. The van der Waals surface area contributed by atoms with E-state index < -0.39 is 5.60 Å². The number of amides is 1. The first-order valence-electron chi connectivity index (χ1n) is 5.67. The van der Waals surface area contributed by atoms with Crippen molar-refractivity contribution < 1.29 is 9.90 Å². The van der Waals surface area contributed by atoms with E-state index in [1.165, 1.54) is 11.3 Å². The molecule has 1 atom stereocenters. The average molecular weight is 253 g/mol. The lowest BCUT2D eigenvalue weighted by Gasteiger charge is -2.22. The summed E-state index contributed by atoms with van der Waals surface area (Å²) in [6, 6.07) is 1.87. The van der Waals surface area contributed by atoms with Crippen LogP contribution in [0.4, 0.5) is 0 Å². The number of carbonyl (C=O) groups excluding carboxylic acids is 1. The minimum atomic E-state index is -1.01. The Labute approximate surface area is 106 Å². The minimum absolute atomic E-state index is 0.123. The molecule has 1 aromatic heterocycles. The molecule has 0 aromatic carbocycles. The Bertz CT molecular complexity index is 394. The van der Waals surface area contributed by atoms with Crippen molar-refractivity contribution >= 4 is 17.2 Å². The molecule has 0 aliphatic carbocycles. The number of hydrogen-bond acceptors (Lipinski definition) is 3. The first-order valence-corrected chi connectivity index (χ1v) is 6.61. The van der Waals surface area contributed by atoms with Gasteiger partial charge in [0.1, 0.15) is 5.60 Å². The Morgan fingerprint density at radius 1 is 1.65 bits per heavy atom. The SMILES string of the molecule is CC/C=C(/C)C(=O)NC[C@](C)(O)c1ccsc1. The van der Waals surface area contributed by atoms with Crippen LogP contribution in [0.3, 0.4) is 0 Å². The van der Waals surface area contributed by atoms with Gasteiger partial charge >= 0.3 is 0 Å². The largest absolute Gasteiger partial charge is 0.384 e. The predicted octanol–water partition coefficient (Wildman–Crippen LogP) is 2.43. The zero-order valence-corrected chi connectivity index (χ0v) is 11.3. The molecular formula is C13H19NO2S. The highest BCUT2D eigenvalue weighted by atomic mass is 32.1. The number of rotatable bonds is 5. The van der Waals surface area contributed by atoms with Crippen LogP contribution in [0.25, 0.3) is 0 Å². The Morgan fingerprint density at radius 3 is 2.88 bits per heavy atom. The van der Waals surface area contributed by atoms with Gasteiger partial charge in [-0.05, 0) is 42.7 Å². The molecule has 17 heavy (non-hydrogen) atoms. The first kappa shape index (κ1) is 13.9. The maximum absolute atomic E-state index is 11.7. The van der Waals surface area contributed by atoms with Crippen molar-refractivity contribution in [3.05, 3.63) is 34.0 Å². The van der Waals surface area contributed by atoms with Crippen molar-refractivity contribution in [3.63, 3.8) is 0 Å². The van der Waals surface area contributed by atoms with Crippen LogP contribution in [0.2, 0.25) is 0 Å². The number of nitrogens with one attached hydrogen (secondary N) is 1. The summed E-state index contributed by atoms with van der Waals surface area (Å²) < 4.78 is 0. The molecule has 1 amide bonds. The van der Waals surface area contributed by atoms with Gasteiger partial charge in [0, 0.05) is 5.57 Å². The summed E-state index contributed by atoms with van der Waals surface area (Å²) in [4.78, 5) is 11.7. The van der Waals surface area contributed by atoms with Crippen molar-refractivity contribution in [1.82, 2.24) is 5.32 Å². The van der Waals surface area contributed by atoms with Crippen molar-refractivity contribution in [1.29, 1.82) is 0 Å². The summed E-state index contributed by atoms with van der Waals surface area (Å²) in [6.45, 7) is 5.68. The van der Waals surface area contributed by atoms with Crippen molar-refractivity contribution in [3.8, 4) is 0 Å². The van der Waals surface area contributed by atoms with Crippen LogP contribution < -0.4 is 5.32 Å². The van der Waals surface area contributed by atoms with E-state index in [2.05, 4.69) is 5.32 Å². The van der Waals surface area contributed by atoms with Crippen LogP contribution in [0.1, 0.15) is 32.8 Å². The monoisotopic (exact) mass is 253 g/mol. The van der Waals surface area contributed by atoms with Crippen LogP contribution in [0.5, 0.6) is 0 Å². The molecule has 3 nitrogen and oxygen atoms in total. The summed E-state index contributed by atoms with van der Waals surface area (Å²) >= 11 is 1.53. The third kappa shape index (κ3) is 3.98. The van der Waals surface area contributed by atoms with Crippen LogP contribution >= 0.6 is 11.3 Å². The maximum Gasteiger partial charge on any atom is 0.246 e. The highest BCUT2D eigenvalue weighted by molar-refractivity contribution is 7.08. The van der Waals surface area contributed by atoms with Crippen LogP contribution in [0, 0.1) is 0 Å². The van der Waals surface area contributed by atoms with Gasteiger partial charge in [0.2, 0.25) is 5.91 Å². The highest BCUT2D eigenvalue weighted by Gasteiger charge is 2.24. The number of carbonyl (C=O) groups is 1. The normalized spacial score (nSPS) is 15.4. The number of aliphatic hydroxyl groups is 1. The molecule has 2 N–H and O–H groups in total. The average Bonchev–Trinajstić information content (AvgIpc) is 2.80. The second-order valence-corrected chi connectivity index (χ2v) is 5.04. The van der Waals surface area contributed by atoms with Crippen LogP contribution in [0.15, 0.2) is 28.5 Å². The van der Waals surface area contributed by atoms with E-state index in [1.54, 1.807) is 13.8 Å². The topological polar surface area (TPSA) is 49.3 Å². The maximum atomic E-state index is 11.7. The lowest BCUT2D eigenvalue weighted by atomic mass is 9.99. The molecule has 4 heteroatoms. The molecule has 0 unspecified atom stereocenters. The van der Waals surface area contributed by atoms with E-state index in [0.717, 1.165) is 12.0 Å². The molecule has 0 aliphatic heterocycles. The number of allylic oxidation sites excluding steroid dienone is 1.